The minimum Gasteiger partial charge on any atom is -0.396 e. The molecule has 0 radical (unpaired) electrons. The van der Waals surface area contributed by atoms with Gasteiger partial charge in [-0.25, -0.2) is 4.98 Å². The average molecular weight is 269 g/mol. The highest BCUT2D eigenvalue weighted by molar-refractivity contribution is 7.11. The van der Waals surface area contributed by atoms with Gasteiger partial charge in [-0.15, -0.1) is 11.3 Å². The predicted octanol–water partition coefficient (Wildman–Crippen LogP) is 1.26. The summed E-state index contributed by atoms with van der Waals surface area (Å²) in [4.78, 5) is 10.7. The summed E-state index contributed by atoms with van der Waals surface area (Å²) < 4.78 is 0. The molecule has 1 aliphatic heterocycles. The molecular weight excluding hydrogens is 246 g/mol. The zero-order chi connectivity index (χ0) is 13.1. The first-order chi connectivity index (χ1) is 8.60. The number of hydrogen-bond donors (Lipinski definition) is 1. The summed E-state index contributed by atoms with van der Waals surface area (Å²) >= 11 is 1.81. The fraction of sp³-hybridized carbons (Fsp3) is 0.769. The number of aliphatic hydroxyl groups is 1. The Balaban J connectivity index is 1.96. The Morgan fingerprint density at radius 3 is 2.78 bits per heavy atom. The molecule has 0 amide bonds. The molecule has 0 bridgehead atoms. The first-order valence-electron chi connectivity index (χ1n) is 6.56. The largest absolute Gasteiger partial charge is 0.396 e. The number of piperazine rings is 1. The van der Waals surface area contributed by atoms with Crippen molar-refractivity contribution in [3.63, 3.8) is 0 Å². The van der Waals surface area contributed by atoms with Gasteiger partial charge in [-0.2, -0.15) is 0 Å². The van der Waals surface area contributed by atoms with E-state index in [-0.39, 0.29) is 6.61 Å². The summed E-state index contributed by atoms with van der Waals surface area (Å²) in [5, 5.41) is 10.3. The predicted molar refractivity (Wildman–Crippen MR) is 75.0 cm³/mol. The fourth-order valence-electron chi connectivity index (χ4n) is 2.54. The van der Waals surface area contributed by atoms with Crippen LogP contribution in [0.15, 0.2) is 0 Å². The van der Waals surface area contributed by atoms with Gasteiger partial charge in [0.25, 0.3) is 0 Å². The third-order valence-electron chi connectivity index (χ3n) is 3.69. The van der Waals surface area contributed by atoms with Crippen LogP contribution < -0.4 is 0 Å². The Morgan fingerprint density at radius 1 is 1.39 bits per heavy atom. The molecule has 2 rings (SSSR count). The summed E-state index contributed by atoms with van der Waals surface area (Å²) in [7, 11) is 2.15. The highest BCUT2D eigenvalue weighted by Crippen LogP contribution is 2.21. The third kappa shape index (κ3) is 3.29. The molecule has 0 aliphatic carbocycles. The molecule has 5 heteroatoms. The number of aliphatic hydroxyl groups excluding tert-OH is 1. The average Bonchev–Trinajstić information content (AvgIpc) is 2.62. The molecule has 1 fully saturated rings. The second kappa shape index (κ2) is 6.10. The van der Waals surface area contributed by atoms with Gasteiger partial charge >= 0.3 is 0 Å². The standard InChI is InChI=1S/C13H23N3OS/c1-10-13(18-11(2)14-10)9-16-6-5-15(3)12(8-16)4-7-17/h12,17H,4-9H2,1-3H3/t12-/m0/s1. The van der Waals surface area contributed by atoms with E-state index < -0.39 is 0 Å². The van der Waals surface area contributed by atoms with E-state index in [0.29, 0.717) is 6.04 Å². The number of rotatable bonds is 4. The van der Waals surface area contributed by atoms with Crippen molar-refractivity contribution in [3.8, 4) is 0 Å². The van der Waals surface area contributed by atoms with Crippen molar-refractivity contribution in [2.75, 3.05) is 33.3 Å². The number of aryl methyl sites for hydroxylation is 2. The van der Waals surface area contributed by atoms with Gasteiger partial charge in [-0.05, 0) is 27.3 Å². The zero-order valence-electron chi connectivity index (χ0n) is 11.5. The Morgan fingerprint density at radius 2 is 2.17 bits per heavy atom. The quantitative estimate of drug-likeness (QED) is 0.893. The van der Waals surface area contributed by atoms with Gasteiger partial charge in [0.15, 0.2) is 0 Å². The Labute approximate surface area is 113 Å². The van der Waals surface area contributed by atoms with Crippen LogP contribution in [0.1, 0.15) is 22.0 Å². The molecule has 102 valence electrons. The normalized spacial score (nSPS) is 22.6. The third-order valence-corrected chi connectivity index (χ3v) is 4.75. The molecule has 0 spiro atoms. The number of likely N-dealkylation sites (N-methyl/N-ethyl adjacent to an activating group) is 1. The van der Waals surface area contributed by atoms with Crippen LogP contribution in [0.25, 0.3) is 0 Å². The lowest BCUT2D eigenvalue weighted by Crippen LogP contribution is -2.51. The van der Waals surface area contributed by atoms with Gasteiger partial charge in [0.2, 0.25) is 0 Å². The van der Waals surface area contributed by atoms with Crippen molar-refractivity contribution < 1.29 is 5.11 Å². The van der Waals surface area contributed by atoms with Crippen molar-refractivity contribution in [3.05, 3.63) is 15.6 Å². The number of hydrogen-bond acceptors (Lipinski definition) is 5. The molecule has 1 saturated heterocycles. The van der Waals surface area contributed by atoms with Crippen LogP contribution in [-0.2, 0) is 6.54 Å². The Bertz CT molecular complexity index is 394. The number of aromatic nitrogens is 1. The molecule has 0 saturated carbocycles. The summed E-state index contributed by atoms with van der Waals surface area (Å²) in [6.07, 6.45) is 0.869. The summed E-state index contributed by atoms with van der Waals surface area (Å²) in [6.45, 7) is 8.69. The van der Waals surface area contributed by atoms with Crippen LogP contribution >= 0.6 is 11.3 Å². The van der Waals surface area contributed by atoms with Gasteiger partial charge < -0.3 is 10.0 Å². The van der Waals surface area contributed by atoms with E-state index in [1.54, 1.807) is 0 Å². The van der Waals surface area contributed by atoms with E-state index in [2.05, 4.69) is 35.7 Å². The Hall–Kier alpha value is -0.490. The van der Waals surface area contributed by atoms with Crippen LogP contribution in [0.5, 0.6) is 0 Å². The van der Waals surface area contributed by atoms with Crippen molar-refractivity contribution >= 4 is 11.3 Å². The summed E-state index contributed by atoms with van der Waals surface area (Å²) in [5.41, 5.74) is 1.18. The van der Waals surface area contributed by atoms with Gasteiger partial charge in [-0.3, -0.25) is 4.90 Å². The van der Waals surface area contributed by atoms with Gasteiger partial charge in [-0.1, -0.05) is 0 Å². The van der Waals surface area contributed by atoms with E-state index in [9.17, 15) is 0 Å². The van der Waals surface area contributed by atoms with E-state index in [1.165, 1.54) is 10.6 Å². The highest BCUT2D eigenvalue weighted by atomic mass is 32.1. The summed E-state index contributed by atoms with van der Waals surface area (Å²) in [6, 6.07) is 0.484. The van der Waals surface area contributed by atoms with Crippen molar-refractivity contribution in [2.24, 2.45) is 0 Å². The Kier molecular flexibility index (Phi) is 4.72. The minimum atomic E-state index is 0.279. The fourth-order valence-corrected chi connectivity index (χ4v) is 3.52. The van der Waals surface area contributed by atoms with Crippen LogP contribution in [0.2, 0.25) is 0 Å². The summed E-state index contributed by atoms with van der Waals surface area (Å²) in [5.74, 6) is 0. The molecular formula is C13H23N3OS. The van der Waals surface area contributed by atoms with Crippen molar-refractivity contribution in [1.82, 2.24) is 14.8 Å². The lowest BCUT2D eigenvalue weighted by molar-refractivity contribution is 0.0747. The number of thiazole rings is 1. The first kappa shape index (κ1) is 13.9. The van der Waals surface area contributed by atoms with Gasteiger partial charge in [0, 0.05) is 43.7 Å². The maximum absolute atomic E-state index is 9.11. The zero-order valence-corrected chi connectivity index (χ0v) is 12.3. The van der Waals surface area contributed by atoms with Crippen LogP contribution in [0.3, 0.4) is 0 Å². The monoisotopic (exact) mass is 269 g/mol. The lowest BCUT2D eigenvalue weighted by Gasteiger charge is -2.39. The molecule has 1 aromatic rings. The van der Waals surface area contributed by atoms with Crippen LogP contribution in [0.4, 0.5) is 0 Å². The van der Waals surface area contributed by atoms with Crippen molar-refractivity contribution in [1.29, 1.82) is 0 Å². The SMILES string of the molecule is Cc1nc(C)c(CN2CCN(C)[C@@H](CCO)C2)s1. The van der Waals surface area contributed by atoms with E-state index in [4.69, 9.17) is 5.11 Å². The minimum absolute atomic E-state index is 0.279. The molecule has 1 N–H and O–H groups in total. The van der Waals surface area contributed by atoms with E-state index >= 15 is 0 Å². The topological polar surface area (TPSA) is 39.6 Å². The maximum atomic E-state index is 9.11. The molecule has 4 nitrogen and oxygen atoms in total. The second-order valence-corrected chi connectivity index (χ2v) is 6.41. The molecule has 2 heterocycles. The molecule has 0 unspecified atom stereocenters. The van der Waals surface area contributed by atoms with Gasteiger partial charge in [0.05, 0.1) is 10.7 Å². The first-order valence-corrected chi connectivity index (χ1v) is 7.38. The van der Waals surface area contributed by atoms with Crippen LogP contribution in [-0.4, -0.2) is 59.2 Å². The maximum Gasteiger partial charge on any atom is 0.0900 e. The van der Waals surface area contributed by atoms with E-state index in [1.807, 2.05) is 11.3 Å². The van der Waals surface area contributed by atoms with Crippen LogP contribution in [0, 0.1) is 13.8 Å². The molecule has 1 atom stereocenters. The lowest BCUT2D eigenvalue weighted by atomic mass is 10.1. The van der Waals surface area contributed by atoms with Crippen molar-refractivity contribution in [2.45, 2.75) is 32.9 Å². The number of nitrogens with zero attached hydrogens (tertiary/aromatic N) is 3. The molecule has 1 aromatic heterocycles. The molecule has 1 aliphatic rings. The second-order valence-electron chi connectivity index (χ2n) is 5.12. The van der Waals surface area contributed by atoms with E-state index in [0.717, 1.165) is 37.6 Å². The molecule has 18 heavy (non-hydrogen) atoms. The van der Waals surface area contributed by atoms with Gasteiger partial charge in [0.1, 0.15) is 0 Å². The molecule has 0 aromatic carbocycles. The highest BCUT2D eigenvalue weighted by Gasteiger charge is 2.24. The smallest absolute Gasteiger partial charge is 0.0900 e.